The number of nitrogens with one attached hydrogen (secondary N) is 2. The molecule has 0 spiro atoms. The van der Waals surface area contributed by atoms with Gasteiger partial charge < -0.3 is 21.1 Å². The monoisotopic (exact) mass is 511 g/mol. The average Bonchev–Trinajstić information content (AvgIpc) is 3.20. The third-order valence-corrected chi connectivity index (χ3v) is 6.36. The molecule has 1 atom stereocenters. The largest absolute Gasteiger partial charge is 0.449 e. The summed E-state index contributed by atoms with van der Waals surface area (Å²) in [4.78, 5) is 25.6. The smallest absolute Gasteiger partial charge is 0.416 e. The first kappa shape index (κ1) is 26.2. The molecule has 0 unspecified atom stereocenters. The Kier molecular flexibility index (Phi) is 8.13. The van der Waals surface area contributed by atoms with Gasteiger partial charge in [-0.25, -0.2) is 4.79 Å². The number of halogens is 3. The highest BCUT2D eigenvalue weighted by Crippen LogP contribution is 2.44. The Hall–Kier alpha value is -3.85. The van der Waals surface area contributed by atoms with Crippen molar-refractivity contribution in [2.45, 2.75) is 37.4 Å². The van der Waals surface area contributed by atoms with Gasteiger partial charge in [0, 0.05) is 11.6 Å². The highest BCUT2D eigenvalue weighted by Gasteiger charge is 2.32. The van der Waals surface area contributed by atoms with Crippen LogP contribution in [0.3, 0.4) is 0 Å². The van der Waals surface area contributed by atoms with Crippen LogP contribution in [0.5, 0.6) is 0 Å². The van der Waals surface area contributed by atoms with Crippen LogP contribution in [0.1, 0.15) is 41.9 Å². The van der Waals surface area contributed by atoms with Gasteiger partial charge >= 0.3 is 12.3 Å². The minimum atomic E-state index is -4.54. The second-order valence-corrected chi connectivity index (χ2v) is 8.87. The molecule has 194 valence electrons. The fraction of sp³-hybridized carbons (Fsp3) is 0.286. The van der Waals surface area contributed by atoms with Crippen LogP contribution in [0.25, 0.3) is 11.1 Å². The van der Waals surface area contributed by atoms with Crippen LogP contribution in [-0.2, 0) is 15.7 Å². The summed E-state index contributed by atoms with van der Waals surface area (Å²) in [6, 6.07) is 19.2. The van der Waals surface area contributed by atoms with Crippen molar-refractivity contribution in [3.63, 3.8) is 0 Å². The molecule has 37 heavy (non-hydrogen) atoms. The number of benzene rings is 3. The SMILES string of the molecule is NCCCC[C@H](NC(=O)OCC1c2ccccc2-c2ccccc21)C(=O)Nc1cccc(C(F)(F)F)c1. The quantitative estimate of drug-likeness (QED) is 0.322. The van der Waals surface area contributed by atoms with Gasteiger partial charge in [0.1, 0.15) is 12.6 Å². The number of alkyl halides is 3. The van der Waals surface area contributed by atoms with Gasteiger partial charge in [0.25, 0.3) is 0 Å². The van der Waals surface area contributed by atoms with Gasteiger partial charge in [0.2, 0.25) is 5.91 Å². The molecular formula is C28H28F3N3O3. The number of carbonyl (C=O) groups is 2. The molecule has 0 aromatic heterocycles. The fourth-order valence-electron chi connectivity index (χ4n) is 4.55. The second-order valence-electron chi connectivity index (χ2n) is 8.87. The number of alkyl carbamates (subject to hydrolysis) is 1. The van der Waals surface area contributed by atoms with E-state index < -0.39 is 29.8 Å². The molecule has 0 aliphatic heterocycles. The van der Waals surface area contributed by atoms with Crippen LogP contribution in [0, 0.1) is 0 Å². The number of fused-ring (bicyclic) bond motifs is 3. The minimum absolute atomic E-state index is 0.0158. The van der Waals surface area contributed by atoms with E-state index in [1.807, 2.05) is 48.5 Å². The average molecular weight is 512 g/mol. The van der Waals surface area contributed by atoms with Crippen LogP contribution >= 0.6 is 0 Å². The van der Waals surface area contributed by atoms with Crippen molar-refractivity contribution in [3.8, 4) is 11.1 Å². The van der Waals surface area contributed by atoms with E-state index in [2.05, 4.69) is 10.6 Å². The lowest BCUT2D eigenvalue weighted by molar-refractivity contribution is -0.137. The van der Waals surface area contributed by atoms with Crippen LogP contribution in [0.2, 0.25) is 0 Å². The Morgan fingerprint density at radius 1 is 0.919 bits per heavy atom. The van der Waals surface area contributed by atoms with E-state index >= 15 is 0 Å². The Labute approximate surface area is 213 Å². The van der Waals surface area contributed by atoms with Gasteiger partial charge in [0.15, 0.2) is 0 Å². The molecule has 1 aliphatic carbocycles. The van der Waals surface area contributed by atoms with Crippen molar-refractivity contribution in [3.05, 3.63) is 89.5 Å². The zero-order valence-electron chi connectivity index (χ0n) is 20.1. The predicted octanol–water partition coefficient (Wildman–Crippen LogP) is 5.68. The van der Waals surface area contributed by atoms with E-state index in [0.717, 1.165) is 34.4 Å². The predicted molar refractivity (Wildman–Crippen MR) is 135 cm³/mol. The van der Waals surface area contributed by atoms with Gasteiger partial charge in [-0.15, -0.1) is 0 Å². The Morgan fingerprint density at radius 3 is 2.19 bits per heavy atom. The first-order valence-electron chi connectivity index (χ1n) is 12.1. The van der Waals surface area contributed by atoms with Crippen LogP contribution in [-0.4, -0.2) is 31.2 Å². The maximum absolute atomic E-state index is 13.0. The molecule has 0 saturated carbocycles. The number of carbonyl (C=O) groups excluding carboxylic acids is 2. The molecule has 1 aliphatic rings. The zero-order chi connectivity index (χ0) is 26.4. The van der Waals surface area contributed by atoms with E-state index in [4.69, 9.17) is 10.5 Å². The van der Waals surface area contributed by atoms with E-state index in [1.165, 1.54) is 12.1 Å². The number of amides is 2. The third kappa shape index (κ3) is 6.29. The molecule has 3 aromatic carbocycles. The van der Waals surface area contributed by atoms with E-state index in [1.54, 1.807) is 0 Å². The van der Waals surface area contributed by atoms with Crippen LogP contribution in [0.15, 0.2) is 72.8 Å². The Morgan fingerprint density at radius 2 is 1.57 bits per heavy atom. The summed E-state index contributed by atoms with van der Waals surface area (Å²) >= 11 is 0. The third-order valence-electron chi connectivity index (χ3n) is 6.36. The normalized spacial score (nSPS) is 13.4. The Balaban J connectivity index is 1.42. The van der Waals surface area contributed by atoms with E-state index in [0.29, 0.717) is 19.4 Å². The lowest BCUT2D eigenvalue weighted by Crippen LogP contribution is -2.44. The summed E-state index contributed by atoms with van der Waals surface area (Å²) < 4.78 is 44.7. The summed E-state index contributed by atoms with van der Waals surface area (Å²) in [5.74, 6) is -0.780. The number of unbranched alkanes of at least 4 members (excludes halogenated alkanes) is 1. The van der Waals surface area contributed by atoms with Crippen LogP contribution in [0.4, 0.5) is 23.7 Å². The van der Waals surface area contributed by atoms with Crippen molar-refractivity contribution in [2.75, 3.05) is 18.5 Å². The zero-order valence-corrected chi connectivity index (χ0v) is 20.1. The number of nitrogens with two attached hydrogens (primary N) is 1. The lowest BCUT2D eigenvalue weighted by atomic mass is 9.98. The number of ether oxygens (including phenoxy) is 1. The standard InChI is InChI=1S/C28H28F3N3O3/c29-28(30,31)18-8-7-9-19(16-18)33-26(35)25(14-5-6-15-32)34-27(36)37-17-24-22-12-3-1-10-20(22)21-11-2-4-13-23(21)24/h1-4,7-13,16,24-25H,5-6,14-15,17,32H2,(H,33,35)(H,34,36)/t25-/m0/s1. The molecule has 0 heterocycles. The molecule has 9 heteroatoms. The highest BCUT2D eigenvalue weighted by molar-refractivity contribution is 5.96. The van der Waals surface area contributed by atoms with Gasteiger partial charge in [-0.2, -0.15) is 13.2 Å². The molecule has 3 aromatic rings. The summed E-state index contributed by atoms with van der Waals surface area (Å²) in [6.07, 6.45) is -3.90. The van der Waals surface area contributed by atoms with Crippen molar-refractivity contribution in [1.29, 1.82) is 0 Å². The van der Waals surface area contributed by atoms with Crippen molar-refractivity contribution in [1.82, 2.24) is 5.32 Å². The summed E-state index contributed by atoms with van der Waals surface area (Å²) in [5.41, 5.74) is 8.94. The molecule has 6 nitrogen and oxygen atoms in total. The van der Waals surface area contributed by atoms with Gasteiger partial charge in [-0.1, -0.05) is 54.6 Å². The summed E-state index contributed by atoms with van der Waals surface area (Å²) in [5, 5.41) is 5.05. The van der Waals surface area contributed by atoms with E-state index in [-0.39, 0.29) is 24.6 Å². The van der Waals surface area contributed by atoms with Gasteiger partial charge in [0.05, 0.1) is 5.56 Å². The first-order valence-corrected chi connectivity index (χ1v) is 12.1. The number of anilines is 1. The molecule has 2 amide bonds. The van der Waals surface area contributed by atoms with Gasteiger partial charge in [-0.3, -0.25) is 4.79 Å². The van der Waals surface area contributed by atoms with E-state index in [9.17, 15) is 22.8 Å². The number of hydrogen-bond acceptors (Lipinski definition) is 4. The van der Waals surface area contributed by atoms with Crippen molar-refractivity contribution >= 4 is 17.7 Å². The maximum Gasteiger partial charge on any atom is 0.416 e. The molecule has 0 radical (unpaired) electrons. The molecule has 4 N–H and O–H groups in total. The van der Waals surface area contributed by atoms with Crippen LogP contribution < -0.4 is 16.4 Å². The number of hydrogen-bond donors (Lipinski definition) is 3. The molecule has 0 saturated heterocycles. The van der Waals surface area contributed by atoms with Crippen molar-refractivity contribution in [2.24, 2.45) is 5.73 Å². The molecule has 4 rings (SSSR count). The van der Waals surface area contributed by atoms with Crippen molar-refractivity contribution < 1.29 is 27.5 Å². The minimum Gasteiger partial charge on any atom is -0.449 e. The fourth-order valence-corrected chi connectivity index (χ4v) is 4.55. The summed E-state index contributed by atoms with van der Waals surface area (Å²) in [6.45, 7) is 0.484. The topological polar surface area (TPSA) is 93.4 Å². The number of rotatable bonds is 9. The molecule has 0 bridgehead atoms. The Bertz CT molecular complexity index is 1220. The molecular weight excluding hydrogens is 483 g/mol. The summed E-state index contributed by atoms with van der Waals surface area (Å²) in [7, 11) is 0. The highest BCUT2D eigenvalue weighted by atomic mass is 19.4. The lowest BCUT2D eigenvalue weighted by Gasteiger charge is -2.20. The van der Waals surface area contributed by atoms with Gasteiger partial charge in [-0.05, 0) is 66.3 Å². The second kappa shape index (κ2) is 11.5. The first-order chi connectivity index (χ1) is 17.8. The molecule has 0 fully saturated rings. The maximum atomic E-state index is 13.0.